The molecule has 0 N–H and O–H groups in total. The Kier molecular flexibility index (Phi) is 5.40. The second-order valence-corrected chi connectivity index (χ2v) is 7.75. The number of aryl methyl sites for hydroxylation is 1. The summed E-state index contributed by atoms with van der Waals surface area (Å²) in [5, 5.41) is 4.15. The van der Waals surface area contributed by atoms with E-state index in [2.05, 4.69) is 15.1 Å². The number of carbonyl (C=O) groups excluding carboxylic acids is 2. The number of aromatic nitrogens is 4. The molecule has 0 aromatic carbocycles. The van der Waals surface area contributed by atoms with E-state index in [-0.39, 0.29) is 17.7 Å². The molecule has 0 aliphatic carbocycles. The highest BCUT2D eigenvalue weighted by atomic mass is 16.5. The Morgan fingerprint density at radius 2 is 2.00 bits per heavy atom. The van der Waals surface area contributed by atoms with Crippen LogP contribution in [0.3, 0.4) is 0 Å². The van der Waals surface area contributed by atoms with Gasteiger partial charge in [-0.1, -0.05) is 5.16 Å². The number of hydrogen-bond acceptors (Lipinski definition) is 6. The van der Waals surface area contributed by atoms with Gasteiger partial charge < -0.3 is 18.9 Å². The van der Waals surface area contributed by atoms with Crippen molar-refractivity contribution >= 4 is 11.8 Å². The van der Waals surface area contributed by atoms with Crippen LogP contribution < -0.4 is 0 Å². The molecule has 9 nitrogen and oxygen atoms in total. The highest BCUT2D eigenvalue weighted by Gasteiger charge is 2.32. The second-order valence-electron chi connectivity index (χ2n) is 7.75. The van der Waals surface area contributed by atoms with Gasteiger partial charge in [0.05, 0.1) is 6.33 Å². The zero-order valence-electron chi connectivity index (χ0n) is 16.2. The van der Waals surface area contributed by atoms with Crippen LogP contribution in [0.1, 0.15) is 43.8 Å². The molecule has 2 aromatic rings. The van der Waals surface area contributed by atoms with E-state index >= 15 is 0 Å². The van der Waals surface area contributed by atoms with Crippen LogP contribution in [0, 0.1) is 5.92 Å². The van der Waals surface area contributed by atoms with Crippen LogP contribution in [0.15, 0.2) is 23.2 Å². The molecular weight excluding hydrogens is 360 g/mol. The molecule has 2 fully saturated rings. The van der Waals surface area contributed by atoms with Crippen molar-refractivity contribution in [3.8, 4) is 0 Å². The molecule has 4 rings (SSSR count). The summed E-state index contributed by atoms with van der Waals surface area (Å²) in [7, 11) is 0. The molecule has 9 heteroatoms. The average Bonchev–Trinajstić information content (AvgIpc) is 3.34. The minimum atomic E-state index is 0.126. The lowest BCUT2D eigenvalue weighted by atomic mass is 9.95. The van der Waals surface area contributed by atoms with Crippen LogP contribution >= 0.6 is 0 Å². The van der Waals surface area contributed by atoms with Crippen molar-refractivity contribution in [1.29, 1.82) is 0 Å². The summed E-state index contributed by atoms with van der Waals surface area (Å²) in [5.74, 6) is 2.35. The molecule has 0 spiro atoms. The molecule has 2 aromatic heterocycles. The maximum absolute atomic E-state index is 12.2. The quantitative estimate of drug-likeness (QED) is 0.737. The van der Waals surface area contributed by atoms with E-state index in [1.807, 2.05) is 20.6 Å². The first-order valence-electron chi connectivity index (χ1n) is 9.90. The topological polar surface area (TPSA) is 97.4 Å². The van der Waals surface area contributed by atoms with Crippen molar-refractivity contribution in [3.05, 3.63) is 30.4 Å². The fraction of sp³-hybridized carbons (Fsp3) is 0.632. The van der Waals surface area contributed by atoms with Gasteiger partial charge in [-0.15, -0.1) is 0 Å². The molecule has 2 aliphatic heterocycles. The molecule has 2 amide bonds. The summed E-state index contributed by atoms with van der Waals surface area (Å²) in [4.78, 5) is 35.9. The number of likely N-dealkylation sites (tertiary alicyclic amines) is 2. The Morgan fingerprint density at radius 3 is 2.68 bits per heavy atom. The molecule has 150 valence electrons. The zero-order valence-corrected chi connectivity index (χ0v) is 16.2. The Morgan fingerprint density at radius 1 is 1.21 bits per heavy atom. The van der Waals surface area contributed by atoms with E-state index < -0.39 is 0 Å². The normalized spacial score (nSPS) is 18.3. The first kappa shape index (κ1) is 18.6. The first-order chi connectivity index (χ1) is 13.6. The number of piperidine rings is 1. The Bertz CT molecular complexity index is 804. The lowest BCUT2D eigenvalue weighted by Gasteiger charge is -2.38. The van der Waals surface area contributed by atoms with Crippen LogP contribution in [0.5, 0.6) is 0 Å². The van der Waals surface area contributed by atoms with Crippen LogP contribution in [-0.4, -0.2) is 67.5 Å². The predicted molar refractivity (Wildman–Crippen MR) is 99.1 cm³/mol. The summed E-state index contributed by atoms with van der Waals surface area (Å²) in [6, 6.07) is 0. The van der Waals surface area contributed by atoms with Crippen molar-refractivity contribution in [2.75, 3.05) is 26.2 Å². The molecule has 2 saturated heterocycles. The molecule has 28 heavy (non-hydrogen) atoms. The first-order valence-corrected chi connectivity index (χ1v) is 9.90. The number of rotatable bonds is 6. The lowest BCUT2D eigenvalue weighted by molar-refractivity contribution is -0.137. The Hall–Kier alpha value is -2.71. The molecule has 0 unspecified atom stereocenters. The van der Waals surface area contributed by atoms with E-state index in [0.717, 1.165) is 44.8 Å². The van der Waals surface area contributed by atoms with Gasteiger partial charge in [0.15, 0.2) is 5.82 Å². The van der Waals surface area contributed by atoms with Gasteiger partial charge in [0.1, 0.15) is 0 Å². The third-order valence-electron chi connectivity index (χ3n) is 5.71. The van der Waals surface area contributed by atoms with E-state index in [1.165, 1.54) is 0 Å². The Labute approximate surface area is 163 Å². The maximum atomic E-state index is 12.2. The van der Waals surface area contributed by atoms with E-state index in [9.17, 15) is 9.59 Å². The maximum Gasteiger partial charge on any atom is 0.227 e. The van der Waals surface area contributed by atoms with Crippen LogP contribution in [0.2, 0.25) is 0 Å². The van der Waals surface area contributed by atoms with Crippen molar-refractivity contribution < 1.29 is 14.1 Å². The van der Waals surface area contributed by atoms with E-state index in [0.29, 0.717) is 31.2 Å². The standard InChI is InChI=1S/C19H26N6O3/c1-14(26)24-7-2-16(3-8-24)19-21-17(28-22-19)10-15-11-25(12-15)18(27)4-6-23-9-5-20-13-23/h5,9,13,15-16H,2-4,6-8,10-12H2,1H3. The smallest absolute Gasteiger partial charge is 0.227 e. The number of imidazole rings is 1. The fourth-order valence-corrected chi connectivity index (χ4v) is 3.92. The SMILES string of the molecule is CC(=O)N1CCC(c2noc(CC3CN(C(=O)CCn4ccnc4)C3)n2)CC1. The summed E-state index contributed by atoms with van der Waals surface area (Å²) < 4.78 is 7.35. The van der Waals surface area contributed by atoms with Gasteiger partial charge in [-0.3, -0.25) is 9.59 Å². The molecule has 0 saturated carbocycles. The summed E-state index contributed by atoms with van der Waals surface area (Å²) in [6.07, 6.45) is 8.27. The van der Waals surface area contributed by atoms with E-state index in [4.69, 9.17) is 4.52 Å². The fourth-order valence-electron chi connectivity index (χ4n) is 3.92. The summed E-state index contributed by atoms with van der Waals surface area (Å²) >= 11 is 0. The van der Waals surface area contributed by atoms with E-state index in [1.54, 1.807) is 19.4 Å². The van der Waals surface area contributed by atoms with Crippen molar-refractivity contribution in [1.82, 2.24) is 29.5 Å². The average molecular weight is 386 g/mol. The minimum absolute atomic E-state index is 0.126. The van der Waals surface area contributed by atoms with Crippen molar-refractivity contribution in [2.24, 2.45) is 5.92 Å². The summed E-state index contributed by atoms with van der Waals surface area (Å²) in [6.45, 7) is 5.27. The third-order valence-corrected chi connectivity index (χ3v) is 5.71. The number of nitrogens with zero attached hydrogens (tertiary/aromatic N) is 6. The molecule has 0 bridgehead atoms. The highest BCUT2D eigenvalue weighted by molar-refractivity contribution is 5.77. The summed E-state index contributed by atoms with van der Waals surface area (Å²) in [5.41, 5.74) is 0. The third kappa shape index (κ3) is 4.23. The van der Waals surface area contributed by atoms with Gasteiger partial charge in [-0.25, -0.2) is 4.98 Å². The van der Waals surface area contributed by atoms with Crippen molar-refractivity contribution in [3.63, 3.8) is 0 Å². The van der Waals surface area contributed by atoms with Crippen LogP contribution in [-0.2, 0) is 22.6 Å². The van der Waals surface area contributed by atoms with Crippen LogP contribution in [0.4, 0.5) is 0 Å². The molecule has 0 atom stereocenters. The molecule has 2 aliphatic rings. The lowest BCUT2D eigenvalue weighted by Crippen LogP contribution is -2.50. The van der Waals surface area contributed by atoms with Gasteiger partial charge in [-0.2, -0.15) is 4.98 Å². The van der Waals surface area contributed by atoms with Gasteiger partial charge in [-0.05, 0) is 12.8 Å². The Balaban J connectivity index is 1.19. The number of hydrogen-bond donors (Lipinski definition) is 0. The molecule has 4 heterocycles. The van der Waals surface area contributed by atoms with Gasteiger partial charge >= 0.3 is 0 Å². The van der Waals surface area contributed by atoms with Gasteiger partial charge in [0.2, 0.25) is 17.7 Å². The number of amides is 2. The zero-order chi connectivity index (χ0) is 19.5. The number of carbonyl (C=O) groups is 2. The van der Waals surface area contributed by atoms with Crippen LogP contribution in [0.25, 0.3) is 0 Å². The second kappa shape index (κ2) is 8.12. The molecule has 0 radical (unpaired) electrons. The largest absolute Gasteiger partial charge is 0.343 e. The van der Waals surface area contributed by atoms with Crippen molar-refractivity contribution in [2.45, 2.75) is 45.1 Å². The monoisotopic (exact) mass is 386 g/mol. The minimum Gasteiger partial charge on any atom is -0.343 e. The molecular formula is C19H26N6O3. The highest BCUT2D eigenvalue weighted by Crippen LogP contribution is 2.27. The van der Waals surface area contributed by atoms with Gasteiger partial charge in [0, 0.05) is 76.7 Å². The van der Waals surface area contributed by atoms with Gasteiger partial charge in [0.25, 0.3) is 0 Å². The predicted octanol–water partition coefficient (Wildman–Crippen LogP) is 1.08.